The molecule has 0 aliphatic rings. The summed E-state index contributed by atoms with van der Waals surface area (Å²) in [6, 6.07) is 32.0. The van der Waals surface area contributed by atoms with Gasteiger partial charge in [0.1, 0.15) is 5.75 Å². The maximum absolute atomic E-state index is 12.7. The molecule has 0 aliphatic carbocycles. The second-order valence-electron chi connectivity index (χ2n) is 9.57. The number of nitrogens with one attached hydrogen (secondary N) is 2. The lowest BCUT2D eigenvalue weighted by Gasteiger charge is -2.08. The number of aromatic nitrogens is 3. The number of rotatable bonds is 11. The summed E-state index contributed by atoms with van der Waals surface area (Å²) in [6.07, 6.45) is 3.29. The van der Waals surface area contributed by atoms with E-state index in [9.17, 15) is 9.59 Å². The number of ether oxygens (including phenoxy) is 1. The van der Waals surface area contributed by atoms with Crippen LogP contribution in [0.1, 0.15) is 28.4 Å². The van der Waals surface area contributed by atoms with Crippen molar-refractivity contribution in [2.45, 2.75) is 17.8 Å². The number of carbonyl (C=O) groups is 2. The Bertz CT molecular complexity index is 1700. The lowest BCUT2D eigenvalue weighted by Crippen LogP contribution is -2.11. The summed E-state index contributed by atoms with van der Waals surface area (Å²) in [5.41, 5.74) is 4.90. The van der Waals surface area contributed by atoms with Crippen molar-refractivity contribution in [2.24, 2.45) is 7.05 Å². The molecule has 1 aromatic heterocycles. The largest absolute Gasteiger partial charge is 0.494 e. The lowest BCUT2D eigenvalue weighted by atomic mass is 10.1. The average molecular weight is 590 g/mol. The molecule has 0 fully saturated rings. The first-order valence-electron chi connectivity index (χ1n) is 13.8. The van der Waals surface area contributed by atoms with Gasteiger partial charge in [-0.2, -0.15) is 0 Å². The van der Waals surface area contributed by atoms with E-state index in [1.165, 1.54) is 6.08 Å². The maximum atomic E-state index is 12.7. The molecular weight excluding hydrogens is 558 g/mol. The minimum Gasteiger partial charge on any atom is -0.494 e. The molecule has 2 amide bonds. The average Bonchev–Trinajstić information content (AvgIpc) is 3.41. The Balaban J connectivity index is 1.13. The number of carbonyl (C=O) groups excluding carboxylic acids is 2. The molecule has 4 aromatic carbocycles. The summed E-state index contributed by atoms with van der Waals surface area (Å²) in [7, 11) is 1.93. The van der Waals surface area contributed by atoms with E-state index in [1.807, 2.05) is 122 Å². The van der Waals surface area contributed by atoms with Gasteiger partial charge < -0.3 is 19.9 Å². The molecule has 0 spiro atoms. The van der Waals surface area contributed by atoms with Crippen LogP contribution in [0.5, 0.6) is 5.75 Å². The Labute approximate surface area is 254 Å². The third kappa shape index (κ3) is 7.99. The third-order valence-electron chi connectivity index (χ3n) is 6.48. The van der Waals surface area contributed by atoms with Crippen LogP contribution in [-0.2, 0) is 17.6 Å². The standard InChI is InChI=1S/C34H31N5O3S/c1-3-42-30-20-18-29(19-21-30)36-33(41)27-12-9-25(10-13-27)23-43-34-38-37-32(39(34)2)26-14-16-28(17-15-26)35-31(40)22-11-24-7-5-4-6-8-24/h4-22H,3,23H2,1-2H3,(H,35,40)(H,36,41)/b22-11+. The smallest absolute Gasteiger partial charge is 0.255 e. The SMILES string of the molecule is CCOc1ccc(NC(=O)c2ccc(CSc3nnc(-c4ccc(NC(=O)/C=C/c5ccccc5)cc4)n3C)cc2)cc1. The van der Waals surface area contributed by atoms with Gasteiger partial charge in [0.15, 0.2) is 11.0 Å². The van der Waals surface area contributed by atoms with Crippen LogP contribution in [0, 0.1) is 0 Å². The first-order chi connectivity index (χ1) is 21.0. The normalized spacial score (nSPS) is 10.9. The second kappa shape index (κ2) is 14.2. The highest BCUT2D eigenvalue weighted by Gasteiger charge is 2.12. The van der Waals surface area contributed by atoms with Crippen molar-refractivity contribution in [3.05, 3.63) is 126 Å². The first-order valence-corrected chi connectivity index (χ1v) is 14.8. The zero-order valence-corrected chi connectivity index (χ0v) is 24.7. The van der Waals surface area contributed by atoms with Crippen LogP contribution in [0.2, 0.25) is 0 Å². The predicted molar refractivity (Wildman–Crippen MR) is 172 cm³/mol. The molecular formula is C34H31N5O3S. The summed E-state index contributed by atoms with van der Waals surface area (Å²) < 4.78 is 7.39. The predicted octanol–water partition coefficient (Wildman–Crippen LogP) is 7.08. The van der Waals surface area contributed by atoms with Gasteiger partial charge in [-0.3, -0.25) is 9.59 Å². The van der Waals surface area contributed by atoms with Crippen molar-refractivity contribution in [2.75, 3.05) is 17.2 Å². The molecule has 9 heteroatoms. The van der Waals surface area contributed by atoms with Crippen molar-refractivity contribution >= 4 is 41.0 Å². The molecule has 0 radical (unpaired) electrons. The summed E-state index contributed by atoms with van der Waals surface area (Å²) in [5, 5.41) is 15.3. The summed E-state index contributed by atoms with van der Waals surface area (Å²) in [5.74, 6) is 1.80. The van der Waals surface area contributed by atoms with Gasteiger partial charge in [-0.15, -0.1) is 10.2 Å². The summed E-state index contributed by atoms with van der Waals surface area (Å²) in [6.45, 7) is 2.53. The molecule has 43 heavy (non-hydrogen) atoms. The van der Waals surface area contributed by atoms with Crippen molar-refractivity contribution < 1.29 is 14.3 Å². The van der Waals surface area contributed by atoms with Crippen molar-refractivity contribution in [1.29, 1.82) is 0 Å². The number of anilines is 2. The van der Waals surface area contributed by atoms with E-state index >= 15 is 0 Å². The Morgan fingerprint density at radius 3 is 2.21 bits per heavy atom. The van der Waals surface area contributed by atoms with E-state index in [0.717, 1.165) is 33.4 Å². The first kappa shape index (κ1) is 29.3. The van der Waals surface area contributed by atoms with E-state index in [0.29, 0.717) is 29.3 Å². The third-order valence-corrected chi connectivity index (χ3v) is 7.57. The fourth-order valence-corrected chi connectivity index (χ4v) is 5.09. The molecule has 1 heterocycles. The molecule has 5 aromatic rings. The molecule has 0 atom stereocenters. The fraction of sp³-hybridized carbons (Fsp3) is 0.118. The zero-order valence-electron chi connectivity index (χ0n) is 23.9. The van der Waals surface area contributed by atoms with Crippen molar-refractivity contribution in [1.82, 2.24) is 14.8 Å². The molecule has 216 valence electrons. The van der Waals surface area contributed by atoms with Crippen LogP contribution >= 0.6 is 11.8 Å². The lowest BCUT2D eigenvalue weighted by molar-refractivity contribution is -0.111. The Morgan fingerprint density at radius 1 is 0.837 bits per heavy atom. The molecule has 0 aliphatic heterocycles. The van der Waals surface area contributed by atoms with E-state index < -0.39 is 0 Å². The number of thioether (sulfide) groups is 1. The van der Waals surface area contributed by atoms with Crippen LogP contribution in [0.4, 0.5) is 11.4 Å². The van der Waals surface area contributed by atoms with Gasteiger partial charge >= 0.3 is 0 Å². The van der Waals surface area contributed by atoms with Crippen molar-refractivity contribution in [3.63, 3.8) is 0 Å². The van der Waals surface area contributed by atoms with Crippen molar-refractivity contribution in [3.8, 4) is 17.1 Å². The van der Waals surface area contributed by atoms with Crippen LogP contribution in [0.3, 0.4) is 0 Å². The number of hydrogen-bond donors (Lipinski definition) is 2. The summed E-state index contributed by atoms with van der Waals surface area (Å²) in [4.78, 5) is 25.0. The highest BCUT2D eigenvalue weighted by molar-refractivity contribution is 7.98. The molecule has 5 rings (SSSR count). The van der Waals surface area contributed by atoms with Gasteiger partial charge in [-0.1, -0.05) is 54.2 Å². The van der Waals surface area contributed by atoms with Crippen LogP contribution in [-0.4, -0.2) is 33.2 Å². The van der Waals surface area contributed by atoms with E-state index in [-0.39, 0.29) is 11.8 Å². The topological polar surface area (TPSA) is 98.1 Å². The summed E-state index contributed by atoms with van der Waals surface area (Å²) >= 11 is 1.57. The minimum absolute atomic E-state index is 0.171. The monoisotopic (exact) mass is 589 g/mol. The molecule has 0 unspecified atom stereocenters. The Kier molecular flexibility index (Phi) is 9.66. The molecule has 0 bridgehead atoms. The fourth-order valence-electron chi connectivity index (χ4n) is 4.22. The van der Waals surface area contributed by atoms with Crippen LogP contribution in [0.25, 0.3) is 17.5 Å². The molecule has 0 saturated heterocycles. The number of amides is 2. The van der Waals surface area contributed by atoms with Gasteiger partial charge in [0.2, 0.25) is 5.91 Å². The maximum Gasteiger partial charge on any atom is 0.255 e. The zero-order chi connectivity index (χ0) is 30.0. The van der Waals surface area contributed by atoms with Crippen LogP contribution < -0.4 is 15.4 Å². The van der Waals surface area contributed by atoms with Gasteiger partial charge in [0.05, 0.1) is 6.61 Å². The second-order valence-corrected chi connectivity index (χ2v) is 10.5. The molecule has 2 N–H and O–H groups in total. The molecule has 0 saturated carbocycles. The van der Waals surface area contributed by atoms with Gasteiger partial charge in [-0.05, 0) is 84.8 Å². The van der Waals surface area contributed by atoms with Gasteiger partial charge in [0.25, 0.3) is 5.91 Å². The number of hydrogen-bond acceptors (Lipinski definition) is 6. The van der Waals surface area contributed by atoms with Gasteiger partial charge in [-0.25, -0.2) is 0 Å². The van der Waals surface area contributed by atoms with Gasteiger partial charge in [0, 0.05) is 41.4 Å². The molecule has 8 nitrogen and oxygen atoms in total. The highest BCUT2D eigenvalue weighted by Crippen LogP contribution is 2.26. The van der Waals surface area contributed by atoms with E-state index in [2.05, 4.69) is 20.8 Å². The highest BCUT2D eigenvalue weighted by atomic mass is 32.2. The number of nitrogens with zero attached hydrogens (tertiary/aromatic N) is 3. The number of benzene rings is 4. The van der Waals surface area contributed by atoms with E-state index in [1.54, 1.807) is 17.8 Å². The quantitative estimate of drug-likeness (QED) is 0.126. The minimum atomic E-state index is -0.199. The van der Waals surface area contributed by atoms with E-state index in [4.69, 9.17) is 4.74 Å². The van der Waals surface area contributed by atoms with Crippen LogP contribution in [0.15, 0.2) is 114 Å². The Morgan fingerprint density at radius 2 is 1.51 bits per heavy atom. The Hall–Kier alpha value is -5.15.